The number of aliphatic hydroxyl groups is 1. The maximum absolute atomic E-state index is 12.6. The average Bonchev–Trinajstić information content (AvgIpc) is 2.97. The summed E-state index contributed by atoms with van der Waals surface area (Å²) in [4.78, 5) is 25.0. The number of amides is 1. The van der Waals surface area contributed by atoms with Gasteiger partial charge in [0.05, 0.1) is 13.2 Å². The second-order valence-corrected chi connectivity index (χ2v) is 10.6. The van der Waals surface area contributed by atoms with Gasteiger partial charge in [-0.15, -0.1) is 6.58 Å². The Balaban J connectivity index is 1.90. The Kier molecular flexibility index (Phi) is 13.5. The molecule has 0 bridgehead atoms. The van der Waals surface area contributed by atoms with Gasteiger partial charge in [0.15, 0.2) is 6.29 Å². The van der Waals surface area contributed by atoms with Crippen LogP contribution in [0.2, 0.25) is 0 Å². The van der Waals surface area contributed by atoms with E-state index in [0.717, 1.165) is 43.2 Å². The van der Waals surface area contributed by atoms with Crippen molar-refractivity contribution in [2.75, 3.05) is 13.2 Å². The number of ether oxygens (including phenoxy) is 4. The van der Waals surface area contributed by atoms with Crippen LogP contribution >= 0.6 is 0 Å². The predicted molar refractivity (Wildman–Crippen MR) is 157 cm³/mol. The average molecular weight is 568 g/mol. The first-order valence-corrected chi connectivity index (χ1v) is 14.6. The Hall–Kier alpha value is -3.04. The van der Waals surface area contributed by atoms with E-state index < -0.39 is 30.1 Å². The number of carbonyl (C=O) groups excluding carboxylic acids is 2. The Morgan fingerprint density at radius 2 is 1.66 bits per heavy atom. The van der Waals surface area contributed by atoms with Crippen LogP contribution in [0.5, 0.6) is 0 Å². The number of hydrogen-bond acceptors (Lipinski definition) is 7. The minimum Gasteiger partial charge on any atom is -0.463 e. The molecule has 0 spiro atoms. The Labute approximate surface area is 244 Å². The number of unbranched alkanes of at least 4 members (excludes halogenated alkanes) is 4. The summed E-state index contributed by atoms with van der Waals surface area (Å²) in [5, 5.41) is 15.4. The van der Waals surface area contributed by atoms with Gasteiger partial charge in [-0.05, 0) is 17.5 Å². The lowest BCUT2D eigenvalue weighted by molar-refractivity contribution is -0.308. The van der Waals surface area contributed by atoms with Crippen molar-refractivity contribution >= 4 is 11.9 Å². The molecule has 41 heavy (non-hydrogen) atoms. The number of benzene rings is 2. The maximum Gasteiger partial charge on any atom is 0.305 e. The van der Waals surface area contributed by atoms with E-state index in [-0.39, 0.29) is 38.1 Å². The van der Waals surface area contributed by atoms with Gasteiger partial charge in [0.1, 0.15) is 30.5 Å². The molecular weight excluding hydrogens is 522 g/mol. The summed E-state index contributed by atoms with van der Waals surface area (Å²) in [6, 6.07) is 18.1. The fourth-order valence-electron chi connectivity index (χ4n) is 5.16. The van der Waals surface area contributed by atoms with E-state index in [4.69, 9.17) is 18.9 Å². The van der Waals surface area contributed by atoms with Gasteiger partial charge in [-0.3, -0.25) is 9.59 Å². The monoisotopic (exact) mass is 567 g/mol. The van der Waals surface area contributed by atoms with Gasteiger partial charge >= 0.3 is 5.97 Å². The summed E-state index contributed by atoms with van der Waals surface area (Å²) < 4.78 is 24.3. The molecule has 0 radical (unpaired) electrons. The lowest BCUT2D eigenvalue weighted by Crippen LogP contribution is -2.73. The maximum atomic E-state index is 12.6. The molecule has 0 saturated carbocycles. The third-order valence-electron chi connectivity index (χ3n) is 7.18. The molecule has 8 heteroatoms. The number of nitrogens with one attached hydrogen (secondary N) is 1. The van der Waals surface area contributed by atoms with Crippen molar-refractivity contribution in [2.45, 2.75) is 95.5 Å². The van der Waals surface area contributed by atoms with Crippen LogP contribution in [0.25, 0.3) is 0 Å². The fraction of sp³-hybridized carbons (Fsp3) is 0.515. The SMILES string of the molecule is C=CCOC1O[C@H](COC(=O)CCCCCCC)[C@@H](OCc2ccccc2)[C@@](O)(Cc2ccccc2)[C@H]1NC(C)=O. The molecule has 5 atom stereocenters. The van der Waals surface area contributed by atoms with Crippen LogP contribution in [0, 0.1) is 0 Å². The van der Waals surface area contributed by atoms with E-state index in [0.29, 0.717) is 6.42 Å². The summed E-state index contributed by atoms with van der Waals surface area (Å²) in [6.07, 6.45) is 4.23. The van der Waals surface area contributed by atoms with Gasteiger partial charge in [-0.2, -0.15) is 0 Å². The van der Waals surface area contributed by atoms with Gasteiger partial charge in [0.25, 0.3) is 0 Å². The topological polar surface area (TPSA) is 103 Å². The van der Waals surface area contributed by atoms with Crippen molar-refractivity contribution in [2.24, 2.45) is 0 Å². The van der Waals surface area contributed by atoms with Crippen LogP contribution < -0.4 is 5.32 Å². The molecule has 1 saturated heterocycles. The second-order valence-electron chi connectivity index (χ2n) is 10.6. The molecule has 1 fully saturated rings. The molecule has 2 N–H and O–H groups in total. The highest BCUT2D eigenvalue weighted by Gasteiger charge is 2.57. The molecule has 224 valence electrons. The molecule has 1 unspecified atom stereocenters. The fourth-order valence-corrected chi connectivity index (χ4v) is 5.16. The number of hydrogen-bond donors (Lipinski definition) is 2. The zero-order valence-corrected chi connectivity index (χ0v) is 24.3. The first-order valence-electron chi connectivity index (χ1n) is 14.6. The normalized spacial score (nSPS) is 24.0. The molecule has 1 aliphatic rings. The quantitative estimate of drug-likeness (QED) is 0.160. The highest BCUT2D eigenvalue weighted by Crippen LogP contribution is 2.36. The predicted octanol–water partition coefficient (Wildman–Crippen LogP) is 4.88. The van der Waals surface area contributed by atoms with Crippen molar-refractivity contribution in [3.8, 4) is 0 Å². The Morgan fingerprint density at radius 3 is 2.29 bits per heavy atom. The van der Waals surface area contributed by atoms with Gasteiger partial charge in [0.2, 0.25) is 5.91 Å². The van der Waals surface area contributed by atoms with Crippen molar-refractivity contribution in [3.05, 3.63) is 84.4 Å². The Bertz CT molecular complexity index is 1060. The molecular formula is C33H45NO7. The van der Waals surface area contributed by atoms with Crippen LogP contribution in [0.3, 0.4) is 0 Å². The molecule has 1 heterocycles. The smallest absolute Gasteiger partial charge is 0.305 e. The number of carbonyl (C=O) groups is 2. The molecule has 1 amide bonds. The van der Waals surface area contributed by atoms with Crippen LogP contribution in [0.1, 0.15) is 63.5 Å². The summed E-state index contributed by atoms with van der Waals surface area (Å²) in [5.41, 5.74) is 0.0627. The second kappa shape index (κ2) is 17.0. The summed E-state index contributed by atoms with van der Waals surface area (Å²) in [5.74, 6) is -0.682. The molecule has 0 aliphatic carbocycles. The molecule has 3 rings (SSSR count). The lowest BCUT2D eigenvalue weighted by Gasteiger charge is -2.51. The van der Waals surface area contributed by atoms with Crippen molar-refractivity contribution in [1.82, 2.24) is 5.32 Å². The molecule has 2 aromatic carbocycles. The van der Waals surface area contributed by atoms with Gasteiger partial charge in [-0.25, -0.2) is 0 Å². The zero-order chi connectivity index (χ0) is 29.5. The van der Waals surface area contributed by atoms with Crippen molar-refractivity contribution in [3.63, 3.8) is 0 Å². The summed E-state index contributed by atoms with van der Waals surface area (Å²) in [6.45, 7) is 7.41. The highest BCUT2D eigenvalue weighted by molar-refractivity contribution is 5.73. The Morgan fingerprint density at radius 1 is 1.00 bits per heavy atom. The van der Waals surface area contributed by atoms with Crippen LogP contribution in [0.4, 0.5) is 0 Å². The van der Waals surface area contributed by atoms with Crippen LogP contribution in [0.15, 0.2) is 73.3 Å². The van der Waals surface area contributed by atoms with Gasteiger partial charge in [-0.1, -0.05) is 99.3 Å². The minimum atomic E-state index is -1.68. The van der Waals surface area contributed by atoms with Gasteiger partial charge in [0, 0.05) is 19.8 Å². The molecule has 0 aromatic heterocycles. The summed E-state index contributed by atoms with van der Waals surface area (Å²) >= 11 is 0. The first kappa shape index (κ1) is 32.5. The highest BCUT2D eigenvalue weighted by atomic mass is 16.7. The van der Waals surface area contributed by atoms with E-state index in [2.05, 4.69) is 18.8 Å². The third-order valence-corrected chi connectivity index (χ3v) is 7.18. The molecule has 8 nitrogen and oxygen atoms in total. The minimum absolute atomic E-state index is 0.127. The van der Waals surface area contributed by atoms with Crippen molar-refractivity contribution < 1.29 is 33.6 Å². The van der Waals surface area contributed by atoms with E-state index in [1.165, 1.54) is 6.92 Å². The third kappa shape index (κ3) is 10.1. The standard InChI is InChI=1S/C33H45NO7/c1-4-6-7-8-15-20-29(36)39-24-28-31(40-23-27-18-13-10-14-19-27)33(37,22-26-16-11-9-12-17-26)30(34-25(3)35)32(41-28)38-21-5-2/h5,9-14,16-19,28,30-32,37H,2,4,6-8,15,20-24H2,1,3H3,(H,34,35)/t28-,30+,31-,32?,33-/m1/s1. The molecule has 2 aromatic rings. The largest absolute Gasteiger partial charge is 0.463 e. The van der Waals surface area contributed by atoms with Gasteiger partial charge < -0.3 is 29.4 Å². The van der Waals surface area contributed by atoms with E-state index >= 15 is 0 Å². The van der Waals surface area contributed by atoms with E-state index in [9.17, 15) is 14.7 Å². The summed E-state index contributed by atoms with van der Waals surface area (Å²) in [7, 11) is 0. The van der Waals surface area contributed by atoms with Crippen molar-refractivity contribution in [1.29, 1.82) is 0 Å². The van der Waals surface area contributed by atoms with E-state index in [1.807, 2.05) is 60.7 Å². The van der Waals surface area contributed by atoms with Crippen LogP contribution in [-0.2, 0) is 41.6 Å². The van der Waals surface area contributed by atoms with Crippen LogP contribution in [-0.4, -0.2) is 60.3 Å². The first-order chi connectivity index (χ1) is 19.9. The lowest BCUT2D eigenvalue weighted by atomic mass is 9.77. The molecule has 1 aliphatic heterocycles. The number of esters is 1. The zero-order valence-electron chi connectivity index (χ0n) is 24.3. The number of rotatable bonds is 17. The van der Waals surface area contributed by atoms with E-state index in [1.54, 1.807) is 6.08 Å².